The van der Waals surface area contributed by atoms with Gasteiger partial charge >= 0.3 is 0 Å². The number of ether oxygens (including phenoxy) is 4. The molecule has 2 aromatic carbocycles. The molecule has 1 heterocycles. The number of aromatic hydroxyl groups is 1. The van der Waals surface area contributed by atoms with Gasteiger partial charge in [-0.25, -0.2) is 0 Å². The molecule has 28 heavy (non-hydrogen) atoms. The Hall–Kier alpha value is -2.60. The predicted molar refractivity (Wildman–Crippen MR) is 108 cm³/mol. The van der Waals surface area contributed by atoms with Gasteiger partial charge in [0, 0.05) is 12.6 Å². The van der Waals surface area contributed by atoms with Crippen LogP contribution in [0.3, 0.4) is 0 Å². The number of hydrogen-bond donors (Lipinski definition) is 1. The molecule has 0 aliphatic carbocycles. The third kappa shape index (κ3) is 3.83. The highest BCUT2D eigenvalue weighted by molar-refractivity contribution is 5.54. The SMILES string of the molecule is COc1cc2c(cc1O)[C@@H](CCc1cc(OC)c(OC)c(OC)c1)N(C)CC2. The Morgan fingerprint density at radius 2 is 1.57 bits per heavy atom. The first-order valence-corrected chi connectivity index (χ1v) is 9.41. The van der Waals surface area contributed by atoms with Crippen LogP contribution in [0.2, 0.25) is 0 Å². The second-order valence-electron chi connectivity index (χ2n) is 7.04. The smallest absolute Gasteiger partial charge is 0.203 e. The molecule has 0 fully saturated rings. The van der Waals surface area contributed by atoms with Crippen molar-refractivity contribution in [2.24, 2.45) is 0 Å². The van der Waals surface area contributed by atoms with Crippen LogP contribution in [0, 0.1) is 0 Å². The zero-order valence-corrected chi connectivity index (χ0v) is 17.2. The van der Waals surface area contributed by atoms with Gasteiger partial charge in [0.2, 0.25) is 5.75 Å². The number of likely N-dealkylation sites (N-methyl/N-ethyl adjacent to an activating group) is 1. The number of benzene rings is 2. The van der Waals surface area contributed by atoms with E-state index in [1.165, 1.54) is 11.1 Å². The maximum Gasteiger partial charge on any atom is 0.203 e. The molecule has 152 valence electrons. The zero-order chi connectivity index (χ0) is 20.3. The molecule has 3 rings (SSSR count). The Balaban J connectivity index is 1.86. The minimum Gasteiger partial charge on any atom is -0.504 e. The number of rotatable bonds is 7. The molecule has 1 aliphatic rings. The molecule has 1 N–H and O–H groups in total. The normalized spacial score (nSPS) is 16.4. The summed E-state index contributed by atoms with van der Waals surface area (Å²) in [4.78, 5) is 2.34. The molecule has 0 unspecified atom stereocenters. The first-order chi connectivity index (χ1) is 13.5. The van der Waals surface area contributed by atoms with Gasteiger partial charge < -0.3 is 24.1 Å². The lowest BCUT2D eigenvalue weighted by Gasteiger charge is -2.35. The summed E-state index contributed by atoms with van der Waals surface area (Å²) in [5.41, 5.74) is 3.52. The number of phenols is 1. The van der Waals surface area contributed by atoms with E-state index in [-0.39, 0.29) is 11.8 Å². The quantitative estimate of drug-likeness (QED) is 0.784. The summed E-state index contributed by atoms with van der Waals surface area (Å²) in [5.74, 6) is 2.65. The highest BCUT2D eigenvalue weighted by Gasteiger charge is 2.26. The Bertz CT molecular complexity index is 811. The minimum atomic E-state index is 0.189. The van der Waals surface area contributed by atoms with E-state index in [1.807, 2.05) is 24.3 Å². The Kier molecular flexibility index (Phi) is 6.19. The van der Waals surface area contributed by atoms with Crippen molar-refractivity contribution in [1.82, 2.24) is 4.90 Å². The van der Waals surface area contributed by atoms with Gasteiger partial charge in [-0.1, -0.05) is 0 Å². The minimum absolute atomic E-state index is 0.189. The van der Waals surface area contributed by atoms with Crippen LogP contribution in [-0.2, 0) is 12.8 Å². The van der Waals surface area contributed by atoms with Gasteiger partial charge in [-0.05, 0) is 67.3 Å². The number of nitrogens with zero attached hydrogens (tertiary/aromatic N) is 1. The summed E-state index contributed by atoms with van der Waals surface area (Å²) in [7, 11) is 8.57. The summed E-state index contributed by atoms with van der Waals surface area (Å²) in [6.45, 7) is 0.973. The lowest BCUT2D eigenvalue weighted by Crippen LogP contribution is -2.32. The van der Waals surface area contributed by atoms with Crippen molar-refractivity contribution in [3.05, 3.63) is 41.0 Å². The van der Waals surface area contributed by atoms with Gasteiger partial charge in [0.15, 0.2) is 23.0 Å². The van der Waals surface area contributed by atoms with E-state index in [1.54, 1.807) is 28.4 Å². The van der Waals surface area contributed by atoms with Crippen molar-refractivity contribution < 1.29 is 24.1 Å². The van der Waals surface area contributed by atoms with E-state index >= 15 is 0 Å². The second kappa shape index (κ2) is 8.61. The molecule has 0 aromatic heterocycles. The highest BCUT2D eigenvalue weighted by Crippen LogP contribution is 2.41. The Morgan fingerprint density at radius 1 is 0.929 bits per heavy atom. The lowest BCUT2D eigenvalue weighted by molar-refractivity contribution is 0.218. The predicted octanol–water partition coefficient (Wildman–Crippen LogP) is 3.59. The van der Waals surface area contributed by atoms with E-state index in [4.69, 9.17) is 18.9 Å². The molecular formula is C22H29NO5. The molecule has 6 nitrogen and oxygen atoms in total. The van der Waals surface area contributed by atoms with Gasteiger partial charge in [0.1, 0.15) is 0 Å². The van der Waals surface area contributed by atoms with Gasteiger partial charge in [0.25, 0.3) is 0 Å². The van der Waals surface area contributed by atoms with E-state index in [2.05, 4.69) is 11.9 Å². The number of phenolic OH excluding ortho intramolecular Hbond substituents is 1. The topological polar surface area (TPSA) is 60.4 Å². The van der Waals surface area contributed by atoms with Crippen LogP contribution in [0.15, 0.2) is 24.3 Å². The van der Waals surface area contributed by atoms with Crippen LogP contribution in [-0.4, -0.2) is 52.0 Å². The summed E-state index contributed by atoms with van der Waals surface area (Å²) in [5, 5.41) is 10.3. The van der Waals surface area contributed by atoms with E-state index in [9.17, 15) is 5.11 Å². The third-order valence-electron chi connectivity index (χ3n) is 5.50. The van der Waals surface area contributed by atoms with Crippen molar-refractivity contribution in [3.63, 3.8) is 0 Å². The van der Waals surface area contributed by atoms with Crippen LogP contribution in [0.25, 0.3) is 0 Å². The van der Waals surface area contributed by atoms with Gasteiger partial charge in [-0.15, -0.1) is 0 Å². The molecule has 0 saturated carbocycles. The number of fused-ring (bicyclic) bond motifs is 1. The monoisotopic (exact) mass is 387 g/mol. The maximum atomic E-state index is 10.3. The lowest BCUT2D eigenvalue weighted by atomic mass is 9.88. The highest BCUT2D eigenvalue weighted by atomic mass is 16.5. The van der Waals surface area contributed by atoms with Crippen LogP contribution in [0.1, 0.15) is 29.2 Å². The first-order valence-electron chi connectivity index (χ1n) is 9.41. The fraction of sp³-hybridized carbons (Fsp3) is 0.455. The second-order valence-corrected chi connectivity index (χ2v) is 7.04. The molecule has 0 radical (unpaired) electrons. The number of hydrogen-bond acceptors (Lipinski definition) is 6. The summed E-state index contributed by atoms with van der Waals surface area (Å²) in [6.07, 6.45) is 2.70. The summed E-state index contributed by atoms with van der Waals surface area (Å²) < 4.78 is 21.6. The molecule has 1 atom stereocenters. The molecule has 0 saturated heterocycles. The van der Waals surface area contributed by atoms with Gasteiger partial charge in [-0.3, -0.25) is 4.90 Å². The Labute approximate surface area is 166 Å². The maximum absolute atomic E-state index is 10.3. The largest absolute Gasteiger partial charge is 0.504 e. The van der Waals surface area contributed by atoms with Crippen molar-refractivity contribution in [1.29, 1.82) is 0 Å². The first kappa shape index (κ1) is 20.1. The molecule has 1 aliphatic heterocycles. The standard InChI is InChI=1S/C22H29NO5/c1-23-9-8-15-12-19(25-2)18(24)13-16(15)17(23)7-6-14-10-20(26-3)22(28-5)21(11-14)27-4/h10-13,17,24H,6-9H2,1-5H3/t17-/m1/s1. The van der Waals surface area contributed by atoms with Crippen molar-refractivity contribution >= 4 is 0 Å². The molecule has 0 amide bonds. The molecule has 6 heteroatoms. The van der Waals surface area contributed by atoms with E-state index in [0.29, 0.717) is 23.0 Å². The zero-order valence-electron chi connectivity index (χ0n) is 17.2. The van der Waals surface area contributed by atoms with E-state index < -0.39 is 0 Å². The Morgan fingerprint density at radius 3 is 2.14 bits per heavy atom. The summed E-state index contributed by atoms with van der Waals surface area (Å²) in [6, 6.07) is 8.03. The van der Waals surface area contributed by atoms with Crippen molar-refractivity contribution in [2.45, 2.75) is 25.3 Å². The number of methoxy groups -OCH3 is 4. The van der Waals surface area contributed by atoms with Crippen molar-refractivity contribution in [3.8, 4) is 28.7 Å². The molecular weight excluding hydrogens is 358 g/mol. The van der Waals surface area contributed by atoms with Gasteiger partial charge in [0.05, 0.1) is 28.4 Å². The molecule has 2 aromatic rings. The van der Waals surface area contributed by atoms with Crippen LogP contribution in [0.5, 0.6) is 28.7 Å². The van der Waals surface area contributed by atoms with Crippen LogP contribution < -0.4 is 18.9 Å². The fourth-order valence-corrected chi connectivity index (χ4v) is 3.97. The fourth-order valence-electron chi connectivity index (χ4n) is 3.97. The average Bonchev–Trinajstić information content (AvgIpc) is 2.71. The number of aryl methyl sites for hydroxylation is 1. The van der Waals surface area contributed by atoms with Crippen LogP contribution in [0.4, 0.5) is 0 Å². The average molecular weight is 387 g/mol. The third-order valence-corrected chi connectivity index (χ3v) is 5.50. The molecule has 0 bridgehead atoms. The molecule has 0 spiro atoms. The van der Waals surface area contributed by atoms with E-state index in [0.717, 1.165) is 31.4 Å². The summed E-state index contributed by atoms with van der Waals surface area (Å²) >= 11 is 0. The van der Waals surface area contributed by atoms with Crippen LogP contribution >= 0.6 is 0 Å². The van der Waals surface area contributed by atoms with Crippen molar-refractivity contribution in [2.75, 3.05) is 42.0 Å². The van der Waals surface area contributed by atoms with Gasteiger partial charge in [-0.2, -0.15) is 0 Å².